The Morgan fingerprint density at radius 2 is 1.05 bits per heavy atom. The van der Waals surface area contributed by atoms with Crippen LogP contribution >= 0.6 is 0 Å². The van der Waals surface area contributed by atoms with Crippen molar-refractivity contribution in [1.29, 1.82) is 0 Å². The van der Waals surface area contributed by atoms with Crippen molar-refractivity contribution in [2.45, 2.75) is 98.5 Å². The van der Waals surface area contributed by atoms with Crippen molar-refractivity contribution < 1.29 is 79.5 Å². The maximum atomic E-state index is 10.8. The minimum absolute atomic E-state index is 0.0121. The molecule has 232 valence electrons. The molecular formula is C21H37N3O16. The molecule has 19 heteroatoms. The second-order valence-electron chi connectivity index (χ2n) is 9.49. The maximum Gasteiger partial charge on any atom is 0.187 e. The molecule has 0 aromatic heterocycles. The van der Waals surface area contributed by atoms with Crippen molar-refractivity contribution in [3.05, 3.63) is 10.4 Å². The van der Waals surface area contributed by atoms with Gasteiger partial charge in [0.1, 0.15) is 73.2 Å². The Morgan fingerprint density at radius 3 is 1.55 bits per heavy atom. The van der Waals surface area contributed by atoms with Crippen LogP contribution in [0.2, 0.25) is 0 Å². The van der Waals surface area contributed by atoms with Gasteiger partial charge in [0.15, 0.2) is 18.9 Å². The van der Waals surface area contributed by atoms with Crippen LogP contribution in [-0.4, -0.2) is 176 Å². The zero-order chi connectivity index (χ0) is 29.6. The first-order valence-corrected chi connectivity index (χ1v) is 12.6. The summed E-state index contributed by atoms with van der Waals surface area (Å²) in [5.41, 5.74) is 8.30. The Labute approximate surface area is 227 Å². The molecule has 40 heavy (non-hydrogen) atoms. The molecule has 0 amide bonds. The number of azide groups is 1. The van der Waals surface area contributed by atoms with Crippen LogP contribution in [0.3, 0.4) is 0 Å². The number of aliphatic hydroxyl groups is 10. The fourth-order valence-electron chi connectivity index (χ4n) is 4.56. The van der Waals surface area contributed by atoms with Gasteiger partial charge in [-0.25, -0.2) is 0 Å². The van der Waals surface area contributed by atoms with E-state index in [4.69, 9.17) is 34.0 Å². The average Bonchev–Trinajstić information content (AvgIpc) is 2.95. The molecule has 0 radical (unpaired) electrons. The van der Waals surface area contributed by atoms with Gasteiger partial charge in [-0.15, -0.1) is 0 Å². The topological polar surface area (TPSA) is 306 Å². The fraction of sp³-hybridized carbons (Fsp3) is 1.00. The Bertz CT molecular complexity index is 819. The van der Waals surface area contributed by atoms with Gasteiger partial charge in [-0.2, -0.15) is 0 Å². The third-order valence-corrected chi connectivity index (χ3v) is 6.82. The van der Waals surface area contributed by atoms with Crippen LogP contribution in [0.4, 0.5) is 0 Å². The molecule has 19 nitrogen and oxygen atoms in total. The minimum atomic E-state index is -1.92. The SMILES string of the molecule is [N-]=[N+]=NCCCOC1OC(CO)C(OC2OC(CO)C(OC3OC(CO)C(O)C(O)C3O)C(O)C2O)C(O)C1O. The van der Waals surface area contributed by atoms with Gasteiger partial charge in [0.05, 0.1) is 19.8 Å². The second-order valence-corrected chi connectivity index (χ2v) is 9.49. The molecule has 0 aromatic carbocycles. The fourth-order valence-corrected chi connectivity index (χ4v) is 4.56. The van der Waals surface area contributed by atoms with Gasteiger partial charge in [-0.05, 0) is 12.0 Å². The molecule has 0 aromatic rings. The van der Waals surface area contributed by atoms with Gasteiger partial charge >= 0.3 is 0 Å². The summed E-state index contributed by atoms with van der Waals surface area (Å²) in [4.78, 5) is 2.59. The zero-order valence-electron chi connectivity index (χ0n) is 21.2. The lowest BCUT2D eigenvalue weighted by Crippen LogP contribution is -2.66. The van der Waals surface area contributed by atoms with Gasteiger partial charge in [0.25, 0.3) is 0 Å². The van der Waals surface area contributed by atoms with Crippen molar-refractivity contribution >= 4 is 0 Å². The molecular weight excluding hydrogens is 550 g/mol. The van der Waals surface area contributed by atoms with E-state index >= 15 is 0 Å². The van der Waals surface area contributed by atoms with Gasteiger partial charge in [-0.1, -0.05) is 5.11 Å². The summed E-state index contributed by atoms with van der Waals surface area (Å²) in [7, 11) is 0. The summed E-state index contributed by atoms with van der Waals surface area (Å²) in [6, 6.07) is 0. The van der Waals surface area contributed by atoms with E-state index in [1.165, 1.54) is 0 Å². The number of ether oxygens (including phenoxy) is 6. The molecule has 0 saturated carbocycles. The first-order valence-electron chi connectivity index (χ1n) is 12.6. The van der Waals surface area contributed by atoms with Crippen molar-refractivity contribution in [3.8, 4) is 0 Å². The summed E-state index contributed by atoms with van der Waals surface area (Å²) >= 11 is 0. The molecule has 0 spiro atoms. The monoisotopic (exact) mass is 587 g/mol. The van der Waals surface area contributed by atoms with E-state index in [-0.39, 0.29) is 19.6 Å². The third kappa shape index (κ3) is 7.35. The molecule has 15 atom stereocenters. The summed E-state index contributed by atoms with van der Waals surface area (Å²) in [5.74, 6) is 0. The van der Waals surface area contributed by atoms with Crippen LogP contribution < -0.4 is 0 Å². The molecule has 10 N–H and O–H groups in total. The van der Waals surface area contributed by atoms with Crippen molar-refractivity contribution in [1.82, 2.24) is 0 Å². The van der Waals surface area contributed by atoms with Crippen LogP contribution in [0.1, 0.15) is 6.42 Å². The second kappa shape index (κ2) is 15.2. The Kier molecular flexibility index (Phi) is 12.6. The predicted molar refractivity (Wildman–Crippen MR) is 124 cm³/mol. The first-order chi connectivity index (χ1) is 19.1. The highest BCUT2D eigenvalue weighted by molar-refractivity contribution is 4.96. The highest BCUT2D eigenvalue weighted by atomic mass is 16.8. The molecule has 15 unspecified atom stereocenters. The number of nitrogens with zero attached hydrogens (tertiary/aromatic N) is 3. The van der Waals surface area contributed by atoms with Gasteiger partial charge in [0.2, 0.25) is 0 Å². The zero-order valence-corrected chi connectivity index (χ0v) is 21.2. The summed E-state index contributed by atoms with van der Waals surface area (Å²) < 4.78 is 32.6. The molecule has 0 bridgehead atoms. The largest absolute Gasteiger partial charge is 0.394 e. The number of rotatable bonds is 12. The van der Waals surface area contributed by atoms with E-state index < -0.39 is 112 Å². The lowest BCUT2D eigenvalue weighted by molar-refractivity contribution is -0.379. The number of hydrogen-bond acceptors (Lipinski definition) is 17. The van der Waals surface area contributed by atoms with E-state index in [2.05, 4.69) is 10.0 Å². The minimum Gasteiger partial charge on any atom is -0.394 e. The van der Waals surface area contributed by atoms with Crippen LogP contribution in [0.5, 0.6) is 0 Å². The van der Waals surface area contributed by atoms with Gasteiger partial charge in [0, 0.05) is 18.1 Å². The van der Waals surface area contributed by atoms with Crippen molar-refractivity contribution in [2.75, 3.05) is 33.0 Å². The van der Waals surface area contributed by atoms with E-state index in [0.717, 1.165) is 0 Å². The normalized spacial score (nSPS) is 46.1. The molecule has 3 fully saturated rings. The maximum absolute atomic E-state index is 10.8. The summed E-state index contributed by atoms with van der Waals surface area (Å²) in [5, 5.41) is 105. The third-order valence-electron chi connectivity index (χ3n) is 6.82. The van der Waals surface area contributed by atoms with Crippen LogP contribution in [0.25, 0.3) is 10.4 Å². The summed E-state index contributed by atoms with van der Waals surface area (Å²) in [6.45, 7) is -2.20. The standard InChI is InChI=1S/C21H37N3O16/c22-24-23-2-1-3-35-19-15(33)12(30)17(8(5-26)37-19)40-21-16(34)13(31)18(9(6-27)38-21)39-20-14(32)11(29)10(28)7(4-25)36-20/h7-21,25-34H,1-6H2. The molecule has 3 aliphatic heterocycles. The smallest absolute Gasteiger partial charge is 0.187 e. The van der Waals surface area contributed by atoms with E-state index in [1.54, 1.807) is 0 Å². The Hall–Kier alpha value is -1.33. The van der Waals surface area contributed by atoms with E-state index in [1.807, 2.05) is 0 Å². The molecule has 3 aliphatic rings. The van der Waals surface area contributed by atoms with Crippen LogP contribution in [-0.2, 0) is 28.4 Å². The van der Waals surface area contributed by atoms with E-state index in [0.29, 0.717) is 0 Å². The highest BCUT2D eigenvalue weighted by Gasteiger charge is 2.53. The van der Waals surface area contributed by atoms with Crippen molar-refractivity contribution in [3.63, 3.8) is 0 Å². The molecule has 0 aliphatic carbocycles. The van der Waals surface area contributed by atoms with Crippen molar-refractivity contribution in [2.24, 2.45) is 5.11 Å². The van der Waals surface area contributed by atoms with E-state index in [9.17, 15) is 51.1 Å². The quantitative estimate of drug-likeness (QED) is 0.0440. The predicted octanol–water partition coefficient (Wildman–Crippen LogP) is -5.85. The van der Waals surface area contributed by atoms with Crippen LogP contribution in [0.15, 0.2) is 5.11 Å². The Morgan fingerprint density at radius 1 is 0.600 bits per heavy atom. The molecule has 3 saturated heterocycles. The lowest BCUT2D eigenvalue weighted by Gasteiger charge is -2.48. The molecule has 3 heterocycles. The Balaban J connectivity index is 1.65. The first kappa shape index (κ1) is 33.2. The highest BCUT2D eigenvalue weighted by Crippen LogP contribution is 2.32. The average molecular weight is 588 g/mol. The number of hydrogen-bond donors (Lipinski definition) is 10. The number of aliphatic hydroxyl groups excluding tert-OH is 10. The lowest BCUT2D eigenvalue weighted by atomic mass is 9.96. The summed E-state index contributed by atoms with van der Waals surface area (Å²) in [6.07, 6.45) is -24.3. The molecule has 3 rings (SSSR count). The van der Waals surface area contributed by atoms with Gasteiger partial charge in [-0.3, -0.25) is 0 Å². The van der Waals surface area contributed by atoms with Crippen LogP contribution in [0, 0.1) is 0 Å². The van der Waals surface area contributed by atoms with Gasteiger partial charge < -0.3 is 79.5 Å².